The number of hydrogen-bond donors (Lipinski definition) is 2. The molecule has 9 heteroatoms. The van der Waals surface area contributed by atoms with E-state index in [2.05, 4.69) is 10.6 Å². The molecule has 2 N–H and O–H groups in total. The molecule has 1 atom stereocenters. The third-order valence-corrected chi connectivity index (χ3v) is 6.10. The van der Waals surface area contributed by atoms with E-state index in [1.54, 1.807) is 37.3 Å². The molecule has 144 valence electrons. The van der Waals surface area contributed by atoms with Gasteiger partial charge in [-0.05, 0) is 25.5 Å². The van der Waals surface area contributed by atoms with E-state index in [0.29, 0.717) is 6.54 Å². The summed E-state index contributed by atoms with van der Waals surface area (Å²) in [5.41, 5.74) is 0. The largest absolute Gasteiger partial charge is 0.354 e. The lowest BCUT2D eigenvalue weighted by Crippen LogP contribution is -2.56. The van der Waals surface area contributed by atoms with Gasteiger partial charge in [-0.1, -0.05) is 25.1 Å². The Bertz CT molecular complexity index is 716. The van der Waals surface area contributed by atoms with Crippen molar-refractivity contribution in [2.24, 2.45) is 0 Å². The molecule has 0 aromatic heterocycles. The lowest BCUT2D eigenvalue weighted by atomic mass is 10.3. The van der Waals surface area contributed by atoms with Crippen LogP contribution in [0.15, 0.2) is 35.2 Å². The molecule has 0 saturated carbocycles. The fraction of sp³-hybridized carbons (Fsp3) is 0.529. The molecule has 0 unspecified atom stereocenters. The van der Waals surface area contributed by atoms with Crippen LogP contribution in [0.1, 0.15) is 20.3 Å². The van der Waals surface area contributed by atoms with Crippen LogP contribution in [0.2, 0.25) is 0 Å². The van der Waals surface area contributed by atoms with Crippen molar-refractivity contribution in [2.75, 3.05) is 32.7 Å². The van der Waals surface area contributed by atoms with Gasteiger partial charge in [0.15, 0.2) is 0 Å². The average Bonchev–Trinajstić information content (AvgIpc) is 2.66. The first-order chi connectivity index (χ1) is 12.4. The highest BCUT2D eigenvalue weighted by Gasteiger charge is 2.30. The summed E-state index contributed by atoms with van der Waals surface area (Å²) >= 11 is 0. The van der Waals surface area contributed by atoms with Crippen molar-refractivity contribution in [3.8, 4) is 0 Å². The molecule has 3 amide bonds. The number of nitrogens with one attached hydrogen (secondary N) is 2. The quantitative estimate of drug-likeness (QED) is 0.753. The summed E-state index contributed by atoms with van der Waals surface area (Å²) in [6.45, 7) is 5.14. The van der Waals surface area contributed by atoms with E-state index in [-0.39, 0.29) is 43.0 Å². The van der Waals surface area contributed by atoms with Crippen molar-refractivity contribution in [3.63, 3.8) is 0 Å². The number of carbonyl (C=O) groups excluding carboxylic acids is 2. The molecule has 1 heterocycles. The molecule has 1 aromatic carbocycles. The normalized spacial score (nSPS) is 16.8. The van der Waals surface area contributed by atoms with E-state index in [9.17, 15) is 18.0 Å². The van der Waals surface area contributed by atoms with Crippen LogP contribution in [0.3, 0.4) is 0 Å². The Hall–Kier alpha value is -2.13. The van der Waals surface area contributed by atoms with Crippen LogP contribution in [-0.4, -0.2) is 68.3 Å². The van der Waals surface area contributed by atoms with Crippen LogP contribution in [0.4, 0.5) is 4.79 Å². The van der Waals surface area contributed by atoms with Crippen molar-refractivity contribution in [1.82, 2.24) is 19.8 Å². The number of sulfonamides is 1. The van der Waals surface area contributed by atoms with Gasteiger partial charge in [-0.15, -0.1) is 0 Å². The van der Waals surface area contributed by atoms with Gasteiger partial charge in [0.05, 0.1) is 4.90 Å². The highest BCUT2D eigenvalue weighted by Crippen LogP contribution is 2.17. The van der Waals surface area contributed by atoms with Crippen LogP contribution in [-0.2, 0) is 14.8 Å². The summed E-state index contributed by atoms with van der Waals surface area (Å²) in [7, 11) is -3.55. The molecule has 8 nitrogen and oxygen atoms in total. The topological polar surface area (TPSA) is 98.8 Å². The van der Waals surface area contributed by atoms with E-state index in [1.807, 2.05) is 6.92 Å². The molecular formula is C17H26N4O4S. The molecule has 2 rings (SSSR count). The van der Waals surface area contributed by atoms with E-state index >= 15 is 0 Å². The molecular weight excluding hydrogens is 356 g/mol. The summed E-state index contributed by atoms with van der Waals surface area (Å²) in [6, 6.07) is 7.25. The van der Waals surface area contributed by atoms with Crippen LogP contribution in [0, 0.1) is 0 Å². The van der Waals surface area contributed by atoms with Crippen molar-refractivity contribution >= 4 is 22.0 Å². The minimum atomic E-state index is -3.55. The Morgan fingerprint density at radius 3 is 2.31 bits per heavy atom. The van der Waals surface area contributed by atoms with Gasteiger partial charge in [-0.3, -0.25) is 4.79 Å². The molecule has 0 spiro atoms. The van der Waals surface area contributed by atoms with E-state index < -0.39 is 16.1 Å². The maximum absolute atomic E-state index is 12.6. The second-order valence-corrected chi connectivity index (χ2v) is 8.10. The molecule has 1 aromatic rings. The van der Waals surface area contributed by atoms with Gasteiger partial charge in [-0.25, -0.2) is 13.2 Å². The molecule has 1 saturated heterocycles. The molecule has 0 radical (unpaired) electrons. The predicted molar refractivity (Wildman–Crippen MR) is 98.1 cm³/mol. The van der Waals surface area contributed by atoms with Gasteiger partial charge in [0.25, 0.3) is 0 Å². The van der Waals surface area contributed by atoms with Gasteiger partial charge in [0, 0.05) is 32.7 Å². The Morgan fingerprint density at radius 1 is 1.12 bits per heavy atom. The second-order valence-electron chi connectivity index (χ2n) is 6.17. The van der Waals surface area contributed by atoms with Gasteiger partial charge < -0.3 is 15.5 Å². The minimum Gasteiger partial charge on any atom is -0.354 e. The molecule has 26 heavy (non-hydrogen) atoms. The fourth-order valence-electron chi connectivity index (χ4n) is 2.62. The second kappa shape index (κ2) is 9.00. The SMILES string of the molecule is CCCNC(=O)[C@H](C)NC(=O)N1CCN(S(=O)(=O)c2ccccc2)CC1. The Morgan fingerprint density at radius 2 is 1.73 bits per heavy atom. The van der Waals surface area contributed by atoms with Gasteiger partial charge in [0.2, 0.25) is 15.9 Å². The number of benzene rings is 1. The standard InChI is InChI=1S/C17H26N4O4S/c1-3-9-18-16(22)14(2)19-17(23)20-10-12-21(13-11-20)26(24,25)15-7-5-4-6-8-15/h4-8,14H,3,9-13H2,1-2H3,(H,18,22)(H,19,23)/t14-/m0/s1. The van der Waals surface area contributed by atoms with E-state index in [0.717, 1.165) is 6.42 Å². The van der Waals surface area contributed by atoms with Gasteiger partial charge >= 0.3 is 6.03 Å². The van der Waals surface area contributed by atoms with Crippen molar-refractivity contribution in [3.05, 3.63) is 30.3 Å². The summed E-state index contributed by atoms with van der Waals surface area (Å²) in [5.74, 6) is -0.231. The Kier molecular flexibility index (Phi) is 6.98. The zero-order chi connectivity index (χ0) is 19.2. The highest BCUT2D eigenvalue weighted by molar-refractivity contribution is 7.89. The summed E-state index contributed by atoms with van der Waals surface area (Å²) in [6.07, 6.45) is 0.824. The summed E-state index contributed by atoms with van der Waals surface area (Å²) in [5, 5.41) is 5.38. The number of hydrogen-bond acceptors (Lipinski definition) is 4. The zero-order valence-corrected chi connectivity index (χ0v) is 16.0. The number of amides is 3. The van der Waals surface area contributed by atoms with Crippen LogP contribution >= 0.6 is 0 Å². The number of piperazine rings is 1. The Labute approximate surface area is 154 Å². The van der Waals surface area contributed by atoms with E-state index in [4.69, 9.17) is 0 Å². The first-order valence-electron chi connectivity index (χ1n) is 8.74. The lowest BCUT2D eigenvalue weighted by Gasteiger charge is -2.34. The zero-order valence-electron chi connectivity index (χ0n) is 15.1. The number of carbonyl (C=O) groups is 2. The highest BCUT2D eigenvalue weighted by atomic mass is 32.2. The van der Waals surface area contributed by atoms with Crippen LogP contribution in [0.25, 0.3) is 0 Å². The molecule has 1 aliphatic heterocycles. The minimum absolute atomic E-state index is 0.223. The van der Waals surface area contributed by atoms with Crippen LogP contribution in [0.5, 0.6) is 0 Å². The molecule has 1 fully saturated rings. The molecule has 0 bridgehead atoms. The number of rotatable bonds is 6. The third-order valence-electron chi connectivity index (χ3n) is 4.19. The first-order valence-corrected chi connectivity index (χ1v) is 10.2. The van der Waals surface area contributed by atoms with Crippen molar-refractivity contribution in [1.29, 1.82) is 0 Å². The van der Waals surface area contributed by atoms with E-state index in [1.165, 1.54) is 9.21 Å². The molecule has 0 aliphatic carbocycles. The lowest BCUT2D eigenvalue weighted by molar-refractivity contribution is -0.122. The number of urea groups is 1. The smallest absolute Gasteiger partial charge is 0.318 e. The van der Waals surface area contributed by atoms with Crippen LogP contribution < -0.4 is 10.6 Å². The van der Waals surface area contributed by atoms with Crippen molar-refractivity contribution < 1.29 is 18.0 Å². The predicted octanol–water partition coefficient (Wildman–Crippen LogP) is 0.617. The van der Waals surface area contributed by atoms with Crippen molar-refractivity contribution in [2.45, 2.75) is 31.2 Å². The maximum atomic E-state index is 12.6. The Balaban J connectivity index is 1.88. The fourth-order valence-corrected chi connectivity index (χ4v) is 4.06. The summed E-state index contributed by atoms with van der Waals surface area (Å²) in [4.78, 5) is 25.9. The first kappa shape index (κ1) is 20.2. The average molecular weight is 382 g/mol. The molecule has 1 aliphatic rings. The maximum Gasteiger partial charge on any atom is 0.318 e. The monoisotopic (exact) mass is 382 g/mol. The number of nitrogens with zero attached hydrogens (tertiary/aromatic N) is 2. The summed E-state index contributed by atoms with van der Waals surface area (Å²) < 4.78 is 26.5. The third kappa shape index (κ3) is 4.95. The van der Waals surface area contributed by atoms with Gasteiger partial charge in [-0.2, -0.15) is 4.31 Å². The van der Waals surface area contributed by atoms with Gasteiger partial charge in [0.1, 0.15) is 6.04 Å².